The van der Waals surface area contributed by atoms with Crippen LogP contribution in [0.2, 0.25) is 0 Å². The number of aryl methyl sites for hydroxylation is 1. The number of nitrogens with one attached hydrogen (secondary N) is 1. The summed E-state index contributed by atoms with van der Waals surface area (Å²) in [5, 5.41) is 3.95. The van der Waals surface area contributed by atoms with Crippen molar-refractivity contribution in [2.45, 2.75) is 44.7 Å². The van der Waals surface area contributed by atoms with Crippen LogP contribution in [0.15, 0.2) is 18.5 Å². The first-order chi connectivity index (χ1) is 11.7. The number of hydrogen-bond donors (Lipinski definition) is 1. The molecule has 2 saturated heterocycles. The van der Waals surface area contributed by atoms with Crippen LogP contribution in [-0.4, -0.2) is 50.9 Å². The predicted molar refractivity (Wildman–Crippen MR) is 93.0 cm³/mol. The fraction of sp³-hybridized carbons (Fsp3) is 0.529. The molecule has 2 aromatic heterocycles. The Balaban J connectivity index is 1.50. The Morgan fingerprint density at radius 1 is 1.25 bits per heavy atom. The van der Waals surface area contributed by atoms with Gasteiger partial charge in [-0.1, -0.05) is 6.42 Å². The van der Waals surface area contributed by atoms with Gasteiger partial charge in [0.1, 0.15) is 4.88 Å². The molecule has 0 bridgehead atoms. The summed E-state index contributed by atoms with van der Waals surface area (Å²) in [4.78, 5) is 28.9. The lowest BCUT2D eigenvalue weighted by molar-refractivity contribution is 0.0918. The lowest BCUT2D eigenvalue weighted by Gasteiger charge is -2.32. The Kier molecular flexibility index (Phi) is 4.28. The van der Waals surface area contributed by atoms with Crippen LogP contribution in [-0.2, 0) is 0 Å². The second-order valence-corrected chi connectivity index (χ2v) is 7.47. The van der Waals surface area contributed by atoms with E-state index < -0.39 is 0 Å². The molecule has 1 N–H and O–H groups in total. The molecule has 2 aliphatic rings. The first-order valence-corrected chi connectivity index (χ1v) is 9.34. The quantitative estimate of drug-likeness (QED) is 0.926. The minimum Gasteiger partial charge on any atom is -0.347 e. The monoisotopic (exact) mass is 343 g/mol. The number of aromatic nitrogens is 3. The minimum absolute atomic E-state index is 0.00963. The Morgan fingerprint density at radius 3 is 2.92 bits per heavy atom. The zero-order valence-corrected chi connectivity index (χ0v) is 14.6. The molecular formula is C17H21N5OS. The van der Waals surface area contributed by atoms with Gasteiger partial charge < -0.3 is 5.32 Å². The molecule has 4 heterocycles. The first kappa shape index (κ1) is 15.7. The lowest BCUT2D eigenvalue weighted by Crippen LogP contribution is -2.46. The molecule has 1 amide bonds. The van der Waals surface area contributed by atoms with Gasteiger partial charge in [-0.05, 0) is 38.8 Å². The van der Waals surface area contributed by atoms with E-state index in [1.54, 1.807) is 18.5 Å². The lowest BCUT2D eigenvalue weighted by atomic mass is 9.99. The largest absolute Gasteiger partial charge is 0.347 e. The van der Waals surface area contributed by atoms with Gasteiger partial charge in [-0.25, -0.2) is 15.0 Å². The highest BCUT2D eigenvalue weighted by Crippen LogP contribution is 2.29. The van der Waals surface area contributed by atoms with E-state index in [-0.39, 0.29) is 11.9 Å². The number of carbonyl (C=O) groups is 1. The third kappa shape index (κ3) is 2.93. The van der Waals surface area contributed by atoms with Gasteiger partial charge in [0.05, 0.1) is 5.69 Å². The molecule has 0 aromatic carbocycles. The number of hydrogen-bond acceptors (Lipinski definition) is 6. The minimum atomic E-state index is -0.00963. The highest BCUT2D eigenvalue weighted by molar-refractivity contribution is 7.17. The second-order valence-electron chi connectivity index (χ2n) is 6.47. The van der Waals surface area contributed by atoms with Gasteiger partial charge >= 0.3 is 0 Å². The van der Waals surface area contributed by atoms with Gasteiger partial charge in [0.15, 0.2) is 10.8 Å². The predicted octanol–water partition coefficient (Wildman–Crippen LogP) is 2.27. The summed E-state index contributed by atoms with van der Waals surface area (Å²) < 4.78 is 0. The van der Waals surface area contributed by atoms with E-state index in [9.17, 15) is 4.79 Å². The molecule has 2 aromatic rings. The molecule has 126 valence electrons. The summed E-state index contributed by atoms with van der Waals surface area (Å²) in [7, 11) is 0. The molecule has 4 rings (SSSR count). The van der Waals surface area contributed by atoms with E-state index in [0.29, 0.717) is 21.8 Å². The smallest absolute Gasteiger partial charge is 0.263 e. The van der Waals surface area contributed by atoms with Crippen molar-refractivity contribution in [3.05, 3.63) is 29.0 Å². The first-order valence-electron chi connectivity index (χ1n) is 8.52. The van der Waals surface area contributed by atoms with Crippen molar-refractivity contribution in [2.75, 3.05) is 13.1 Å². The van der Waals surface area contributed by atoms with Crippen LogP contribution in [0.1, 0.15) is 41.0 Å². The molecule has 0 aliphatic carbocycles. The van der Waals surface area contributed by atoms with Gasteiger partial charge in [0, 0.05) is 31.0 Å². The highest BCUT2D eigenvalue weighted by Gasteiger charge is 2.36. The third-order valence-corrected chi connectivity index (χ3v) is 6.08. The van der Waals surface area contributed by atoms with Crippen molar-refractivity contribution >= 4 is 17.2 Å². The van der Waals surface area contributed by atoms with Crippen LogP contribution in [0.5, 0.6) is 0 Å². The van der Waals surface area contributed by atoms with Gasteiger partial charge in [0.2, 0.25) is 0 Å². The second kappa shape index (κ2) is 6.57. The van der Waals surface area contributed by atoms with Crippen molar-refractivity contribution in [1.29, 1.82) is 0 Å². The number of amides is 1. The van der Waals surface area contributed by atoms with E-state index in [0.717, 1.165) is 18.7 Å². The van der Waals surface area contributed by atoms with Crippen molar-refractivity contribution in [3.8, 4) is 10.8 Å². The topological polar surface area (TPSA) is 71.0 Å². The summed E-state index contributed by atoms with van der Waals surface area (Å²) in [5.41, 5.74) is 0.749. The van der Waals surface area contributed by atoms with Crippen molar-refractivity contribution in [2.24, 2.45) is 0 Å². The van der Waals surface area contributed by atoms with Crippen LogP contribution in [0.25, 0.3) is 10.8 Å². The molecule has 24 heavy (non-hydrogen) atoms. The maximum Gasteiger partial charge on any atom is 0.263 e. The van der Waals surface area contributed by atoms with Crippen LogP contribution in [0.3, 0.4) is 0 Å². The third-order valence-electron chi connectivity index (χ3n) is 4.93. The van der Waals surface area contributed by atoms with E-state index in [1.807, 2.05) is 6.92 Å². The van der Waals surface area contributed by atoms with E-state index >= 15 is 0 Å². The molecule has 0 spiro atoms. The van der Waals surface area contributed by atoms with Gasteiger partial charge in [-0.2, -0.15) is 0 Å². The van der Waals surface area contributed by atoms with E-state index in [1.165, 1.54) is 37.1 Å². The molecule has 0 unspecified atom stereocenters. The molecule has 0 radical (unpaired) electrons. The molecule has 2 atom stereocenters. The van der Waals surface area contributed by atoms with Crippen LogP contribution in [0, 0.1) is 6.92 Å². The Morgan fingerprint density at radius 2 is 2.08 bits per heavy atom. The van der Waals surface area contributed by atoms with Gasteiger partial charge in [-0.3, -0.25) is 9.69 Å². The molecule has 2 fully saturated rings. The Labute approximate surface area is 145 Å². The normalized spacial score (nSPS) is 23.9. The fourth-order valence-corrected chi connectivity index (χ4v) is 4.68. The van der Waals surface area contributed by atoms with Gasteiger partial charge in [0.25, 0.3) is 5.91 Å². The van der Waals surface area contributed by atoms with Crippen molar-refractivity contribution < 1.29 is 4.79 Å². The molecular weight excluding hydrogens is 322 g/mol. The van der Waals surface area contributed by atoms with Crippen LogP contribution < -0.4 is 5.32 Å². The van der Waals surface area contributed by atoms with Crippen LogP contribution in [0.4, 0.5) is 0 Å². The zero-order chi connectivity index (χ0) is 16.5. The standard InChI is InChI=1S/C17H21N5OS/c1-11-14(24-17(20-11)15-18-7-4-8-19-15)16(23)21-12-6-10-22-9-3-2-5-13(12)22/h4,7-8,12-13H,2-3,5-6,9-10H2,1H3,(H,21,23)/t12-,13+/m1/s1. The SMILES string of the molecule is Cc1nc(-c2ncccn2)sc1C(=O)N[C@@H]1CCN2CCCC[C@@H]12. The average molecular weight is 343 g/mol. The number of fused-ring (bicyclic) bond motifs is 1. The van der Waals surface area contributed by atoms with E-state index in [4.69, 9.17) is 0 Å². The average Bonchev–Trinajstić information content (AvgIpc) is 3.20. The number of carbonyl (C=O) groups excluding carboxylic acids is 1. The fourth-order valence-electron chi connectivity index (χ4n) is 3.76. The summed E-state index contributed by atoms with van der Waals surface area (Å²) >= 11 is 1.37. The number of nitrogens with zero attached hydrogens (tertiary/aromatic N) is 4. The van der Waals surface area contributed by atoms with Crippen molar-refractivity contribution in [1.82, 2.24) is 25.2 Å². The Bertz CT molecular complexity index is 732. The molecule has 2 aliphatic heterocycles. The molecule has 0 saturated carbocycles. The number of thiazole rings is 1. The maximum atomic E-state index is 12.7. The molecule has 6 nitrogen and oxygen atoms in total. The Hall–Kier alpha value is -1.86. The summed E-state index contributed by atoms with van der Waals surface area (Å²) in [6.45, 7) is 4.14. The zero-order valence-electron chi connectivity index (χ0n) is 13.7. The van der Waals surface area contributed by atoms with E-state index in [2.05, 4.69) is 25.2 Å². The summed E-state index contributed by atoms with van der Waals surface area (Å²) in [5.74, 6) is 0.563. The number of rotatable bonds is 3. The van der Waals surface area contributed by atoms with Gasteiger partial charge in [-0.15, -0.1) is 11.3 Å². The summed E-state index contributed by atoms with van der Waals surface area (Å²) in [6, 6.07) is 2.54. The number of piperidine rings is 1. The van der Waals surface area contributed by atoms with Crippen molar-refractivity contribution in [3.63, 3.8) is 0 Å². The highest BCUT2D eigenvalue weighted by atomic mass is 32.1. The summed E-state index contributed by atoms with van der Waals surface area (Å²) in [6.07, 6.45) is 8.16. The maximum absolute atomic E-state index is 12.7. The van der Waals surface area contributed by atoms with Crippen LogP contribution >= 0.6 is 11.3 Å². The molecule has 7 heteroatoms.